The van der Waals surface area contributed by atoms with Crippen molar-refractivity contribution in [3.8, 4) is 0 Å². The predicted molar refractivity (Wildman–Crippen MR) is 74.0 cm³/mol. The van der Waals surface area contributed by atoms with Crippen LogP contribution in [0.1, 0.15) is 12.0 Å². The Morgan fingerprint density at radius 2 is 2.10 bits per heavy atom. The minimum absolute atomic E-state index is 0.0166. The van der Waals surface area contributed by atoms with E-state index in [0.29, 0.717) is 6.61 Å². The highest BCUT2D eigenvalue weighted by Gasteiger charge is 2.31. The smallest absolute Gasteiger partial charge is 0.328 e. The first-order chi connectivity index (χ1) is 10.1. The Morgan fingerprint density at radius 3 is 2.76 bits per heavy atom. The standard InChI is InChI=1S/C15H16FNO4/c16-12-6-4-11(5-7-12)2-1-3-14(18)17-8-9-21-10-13(17)15(19)20/h1-2,4-7,13H,3,8-10H2,(H,19,20)/b2-1+. The Labute approximate surface area is 121 Å². The molecule has 1 atom stereocenters. The number of morpholine rings is 1. The number of nitrogens with zero attached hydrogens (tertiary/aromatic N) is 1. The molecule has 112 valence electrons. The van der Waals surface area contributed by atoms with Crippen LogP contribution in [0, 0.1) is 5.82 Å². The van der Waals surface area contributed by atoms with Crippen LogP contribution in [0.2, 0.25) is 0 Å². The summed E-state index contributed by atoms with van der Waals surface area (Å²) in [7, 11) is 0. The van der Waals surface area contributed by atoms with Gasteiger partial charge >= 0.3 is 5.97 Å². The molecule has 0 saturated carbocycles. The zero-order valence-corrected chi connectivity index (χ0v) is 11.4. The van der Waals surface area contributed by atoms with E-state index in [1.165, 1.54) is 17.0 Å². The molecule has 0 aromatic heterocycles. The SMILES string of the molecule is O=C(O)C1COCCN1C(=O)C/C=C/c1ccc(F)cc1. The average molecular weight is 293 g/mol. The fraction of sp³-hybridized carbons (Fsp3) is 0.333. The van der Waals surface area contributed by atoms with E-state index in [2.05, 4.69) is 0 Å². The molecule has 1 fully saturated rings. The number of halogens is 1. The number of carbonyl (C=O) groups is 2. The first-order valence-corrected chi connectivity index (χ1v) is 6.60. The van der Waals surface area contributed by atoms with Crippen molar-refractivity contribution in [2.75, 3.05) is 19.8 Å². The van der Waals surface area contributed by atoms with Crippen molar-refractivity contribution in [2.45, 2.75) is 12.5 Å². The molecular weight excluding hydrogens is 277 g/mol. The van der Waals surface area contributed by atoms with Crippen molar-refractivity contribution in [3.05, 3.63) is 41.7 Å². The van der Waals surface area contributed by atoms with Gasteiger partial charge in [0.2, 0.25) is 5.91 Å². The third-order valence-corrected chi connectivity index (χ3v) is 3.21. The van der Waals surface area contributed by atoms with Crippen LogP contribution >= 0.6 is 0 Å². The van der Waals surface area contributed by atoms with E-state index in [0.717, 1.165) is 5.56 Å². The number of hydrogen-bond donors (Lipinski definition) is 1. The number of carbonyl (C=O) groups excluding carboxylic acids is 1. The lowest BCUT2D eigenvalue weighted by molar-refractivity contribution is -0.157. The Morgan fingerprint density at radius 1 is 1.38 bits per heavy atom. The number of carboxylic acids is 1. The lowest BCUT2D eigenvalue weighted by atomic mass is 10.1. The molecule has 1 aliphatic rings. The molecule has 0 aliphatic carbocycles. The monoisotopic (exact) mass is 293 g/mol. The number of aliphatic carboxylic acids is 1. The van der Waals surface area contributed by atoms with Crippen molar-refractivity contribution in [3.63, 3.8) is 0 Å². The Bertz CT molecular complexity index is 541. The summed E-state index contributed by atoms with van der Waals surface area (Å²) in [5.41, 5.74) is 0.779. The molecule has 0 radical (unpaired) electrons. The van der Waals surface area contributed by atoms with E-state index in [1.807, 2.05) is 0 Å². The first-order valence-electron chi connectivity index (χ1n) is 6.60. The van der Waals surface area contributed by atoms with Gasteiger partial charge in [0.1, 0.15) is 5.82 Å². The lowest BCUT2D eigenvalue weighted by Crippen LogP contribution is -2.52. The molecule has 0 bridgehead atoms. The molecule has 1 aliphatic heterocycles. The van der Waals surface area contributed by atoms with E-state index in [4.69, 9.17) is 9.84 Å². The third kappa shape index (κ3) is 4.13. The van der Waals surface area contributed by atoms with Gasteiger partial charge in [0.25, 0.3) is 0 Å². The van der Waals surface area contributed by atoms with E-state index in [9.17, 15) is 14.0 Å². The molecule has 1 saturated heterocycles. The maximum Gasteiger partial charge on any atom is 0.328 e. The molecular formula is C15H16FNO4. The quantitative estimate of drug-likeness (QED) is 0.914. The zero-order valence-electron chi connectivity index (χ0n) is 11.4. The summed E-state index contributed by atoms with van der Waals surface area (Å²) in [5.74, 6) is -1.64. The van der Waals surface area contributed by atoms with E-state index < -0.39 is 12.0 Å². The molecule has 5 nitrogen and oxygen atoms in total. The minimum atomic E-state index is -1.06. The highest BCUT2D eigenvalue weighted by molar-refractivity contribution is 5.85. The molecule has 1 aromatic rings. The van der Waals surface area contributed by atoms with Gasteiger partial charge in [-0.25, -0.2) is 9.18 Å². The highest BCUT2D eigenvalue weighted by atomic mass is 19.1. The Kier molecular flexibility index (Phi) is 5.05. The number of benzene rings is 1. The fourth-order valence-corrected chi connectivity index (χ4v) is 2.09. The van der Waals surface area contributed by atoms with Gasteiger partial charge < -0.3 is 14.7 Å². The average Bonchev–Trinajstić information content (AvgIpc) is 2.49. The van der Waals surface area contributed by atoms with Crippen molar-refractivity contribution in [1.29, 1.82) is 0 Å². The number of amides is 1. The summed E-state index contributed by atoms with van der Waals surface area (Å²) < 4.78 is 17.8. The van der Waals surface area contributed by atoms with Crippen molar-refractivity contribution < 1.29 is 23.8 Å². The van der Waals surface area contributed by atoms with Gasteiger partial charge in [-0.05, 0) is 17.7 Å². The van der Waals surface area contributed by atoms with Gasteiger partial charge in [-0.15, -0.1) is 0 Å². The van der Waals surface area contributed by atoms with Crippen LogP contribution in [0.25, 0.3) is 6.08 Å². The summed E-state index contributed by atoms with van der Waals surface area (Å²) in [6.07, 6.45) is 3.44. The van der Waals surface area contributed by atoms with Crippen LogP contribution in [-0.2, 0) is 14.3 Å². The van der Waals surface area contributed by atoms with E-state index in [-0.39, 0.29) is 31.3 Å². The molecule has 1 amide bonds. The second kappa shape index (κ2) is 6.99. The minimum Gasteiger partial charge on any atom is -0.480 e. The molecule has 2 rings (SSSR count). The number of ether oxygens (including phenoxy) is 1. The first kappa shape index (κ1) is 15.2. The van der Waals surface area contributed by atoms with Gasteiger partial charge in [-0.2, -0.15) is 0 Å². The molecule has 0 spiro atoms. The molecule has 21 heavy (non-hydrogen) atoms. The number of rotatable bonds is 4. The summed E-state index contributed by atoms with van der Waals surface area (Å²) >= 11 is 0. The van der Waals surface area contributed by atoms with Crippen LogP contribution in [0.4, 0.5) is 4.39 Å². The largest absolute Gasteiger partial charge is 0.480 e. The molecule has 1 heterocycles. The van der Waals surface area contributed by atoms with Crippen molar-refractivity contribution in [2.24, 2.45) is 0 Å². The van der Waals surface area contributed by atoms with Crippen LogP contribution in [0.3, 0.4) is 0 Å². The fourth-order valence-electron chi connectivity index (χ4n) is 2.09. The normalized spacial score (nSPS) is 18.9. The van der Waals surface area contributed by atoms with Gasteiger partial charge in [0, 0.05) is 13.0 Å². The second-order valence-electron chi connectivity index (χ2n) is 4.67. The lowest BCUT2D eigenvalue weighted by Gasteiger charge is -2.32. The highest BCUT2D eigenvalue weighted by Crippen LogP contribution is 2.11. The maximum atomic E-state index is 12.7. The molecule has 1 aromatic carbocycles. The van der Waals surface area contributed by atoms with Gasteiger partial charge in [0.05, 0.1) is 13.2 Å². The predicted octanol–water partition coefficient (Wildman–Crippen LogP) is 1.54. The van der Waals surface area contributed by atoms with Crippen molar-refractivity contribution in [1.82, 2.24) is 4.90 Å². The number of hydrogen-bond acceptors (Lipinski definition) is 3. The van der Waals surface area contributed by atoms with Gasteiger partial charge in [-0.1, -0.05) is 24.3 Å². The Balaban J connectivity index is 1.94. The second-order valence-corrected chi connectivity index (χ2v) is 4.67. The molecule has 6 heteroatoms. The van der Waals surface area contributed by atoms with Crippen LogP contribution in [0.15, 0.2) is 30.3 Å². The van der Waals surface area contributed by atoms with Gasteiger partial charge in [-0.3, -0.25) is 4.79 Å². The van der Waals surface area contributed by atoms with Crippen molar-refractivity contribution >= 4 is 18.0 Å². The third-order valence-electron chi connectivity index (χ3n) is 3.21. The summed E-state index contributed by atoms with van der Waals surface area (Å²) in [6.45, 7) is 0.639. The summed E-state index contributed by atoms with van der Waals surface area (Å²) in [4.78, 5) is 24.4. The summed E-state index contributed by atoms with van der Waals surface area (Å²) in [6, 6.07) is 4.95. The van der Waals surface area contributed by atoms with Crippen LogP contribution < -0.4 is 0 Å². The number of carboxylic acid groups (broad SMARTS) is 1. The molecule has 1 unspecified atom stereocenters. The topological polar surface area (TPSA) is 66.8 Å². The zero-order chi connectivity index (χ0) is 15.2. The molecule has 1 N–H and O–H groups in total. The van der Waals surface area contributed by atoms with E-state index in [1.54, 1.807) is 24.3 Å². The Hall–Kier alpha value is -2.21. The van der Waals surface area contributed by atoms with Gasteiger partial charge in [0.15, 0.2) is 6.04 Å². The van der Waals surface area contributed by atoms with Crippen LogP contribution in [0.5, 0.6) is 0 Å². The van der Waals surface area contributed by atoms with E-state index >= 15 is 0 Å². The van der Waals surface area contributed by atoms with Crippen LogP contribution in [-0.4, -0.2) is 47.7 Å². The summed E-state index contributed by atoms with van der Waals surface area (Å²) in [5, 5.41) is 9.06. The maximum absolute atomic E-state index is 12.7.